The molecule has 1 aliphatic heterocycles. The summed E-state index contributed by atoms with van der Waals surface area (Å²) in [4.78, 5) is 0. The van der Waals surface area contributed by atoms with Gasteiger partial charge in [0, 0.05) is 11.6 Å². The third-order valence-electron chi connectivity index (χ3n) is 3.98. The maximum atomic E-state index is 3.33. The van der Waals surface area contributed by atoms with Crippen molar-refractivity contribution in [1.82, 2.24) is 0 Å². The van der Waals surface area contributed by atoms with Crippen molar-refractivity contribution in [3.63, 3.8) is 0 Å². The van der Waals surface area contributed by atoms with Gasteiger partial charge >= 0.3 is 0 Å². The van der Waals surface area contributed by atoms with E-state index in [9.17, 15) is 0 Å². The van der Waals surface area contributed by atoms with E-state index in [4.69, 9.17) is 0 Å². The first-order chi connectivity index (χ1) is 8.78. The number of hydrogen-bond acceptors (Lipinski definition) is 0. The van der Waals surface area contributed by atoms with Crippen LogP contribution in [-0.4, -0.2) is 16.1 Å². The Labute approximate surface area is 129 Å². The molecule has 1 heterocycles. The summed E-state index contributed by atoms with van der Waals surface area (Å²) >= 11 is 0. The van der Waals surface area contributed by atoms with E-state index >= 15 is 0 Å². The lowest BCUT2D eigenvalue weighted by Crippen LogP contribution is -2.32. The molecule has 108 valence electrons. The molecule has 0 nitrogen and oxygen atoms in total. The van der Waals surface area contributed by atoms with E-state index in [1.165, 1.54) is 25.7 Å². The second-order valence-electron chi connectivity index (χ2n) is 6.50. The molecule has 0 spiro atoms. The molecule has 0 aromatic carbocycles. The van der Waals surface area contributed by atoms with E-state index in [-0.39, 0.29) is 6.92 Å². The molecule has 0 aromatic rings. The van der Waals surface area contributed by atoms with Crippen LogP contribution in [0.1, 0.15) is 46.5 Å². The van der Waals surface area contributed by atoms with Gasteiger partial charge in [-0.05, 0) is 35.9 Å². The number of hydrogen-bond donors (Lipinski definition) is 0. The summed E-state index contributed by atoms with van der Waals surface area (Å²) in [6, 6.07) is 0. The highest BCUT2D eigenvalue weighted by Crippen LogP contribution is 2.80. The number of fused-ring (bicyclic) bond motifs is 1. The van der Waals surface area contributed by atoms with Gasteiger partial charge in [0.05, 0.1) is 8.93 Å². The Hall–Kier alpha value is 2.36. The molecule has 1 saturated carbocycles. The maximum Gasteiger partial charge on any atom is 0.163 e. The molecule has 1 aliphatic carbocycles. The highest BCUT2D eigenvalue weighted by Gasteiger charge is 2.38. The Morgan fingerprint density at radius 1 is 1.42 bits per heavy atom. The molecule has 0 radical (unpaired) electrons. The first-order valence-electron chi connectivity index (χ1n) is 6.78. The zero-order chi connectivity index (χ0) is 14.3. The average Bonchev–Trinajstić information content (AvgIpc) is 2.50. The lowest BCUT2D eigenvalue weighted by atomic mass is 9.76. The van der Waals surface area contributed by atoms with Crippen LogP contribution in [0.2, 0.25) is 0 Å². The Balaban J connectivity index is 2.66. The van der Waals surface area contributed by atoms with Gasteiger partial charge in [-0.15, -0.1) is 8.93 Å². The van der Waals surface area contributed by atoms with Crippen LogP contribution in [0.25, 0.3) is 0 Å². The van der Waals surface area contributed by atoms with Crippen molar-refractivity contribution < 1.29 is 0 Å². The van der Waals surface area contributed by atoms with Crippen molar-refractivity contribution in [1.29, 1.82) is 0 Å². The third kappa shape index (κ3) is 4.01. The van der Waals surface area contributed by atoms with Crippen LogP contribution in [0, 0.1) is 11.3 Å². The van der Waals surface area contributed by atoms with Crippen LogP contribution in [0.15, 0.2) is 0 Å². The molecule has 0 N–H and O–H groups in total. The van der Waals surface area contributed by atoms with Gasteiger partial charge in [0.15, 0.2) is 14.8 Å². The molecule has 19 heavy (non-hydrogen) atoms. The van der Waals surface area contributed by atoms with Crippen molar-refractivity contribution in [2.75, 3.05) is 0 Å². The summed E-state index contributed by atoms with van der Waals surface area (Å²) in [5.74, 6) is 0.807. The Morgan fingerprint density at radius 3 is 2.68 bits per heavy atom. The lowest BCUT2D eigenvalue weighted by molar-refractivity contribution is 0.299. The quantitative estimate of drug-likeness (QED) is 0.441. The summed E-state index contributed by atoms with van der Waals surface area (Å²) in [6.45, 7) is 7.38. The van der Waals surface area contributed by atoms with E-state index < -0.39 is 6.26 Å². The van der Waals surface area contributed by atoms with Crippen molar-refractivity contribution >= 4 is 71.9 Å². The minimum Gasteiger partial charge on any atom is -0.109 e. The van der Waals surface area contributed by atoms with Gasteiger partial charge in [0.2, 0.25) is 0 Å². The topological polar surface area (TPSA) is 0 Å². The van der Waals surface area contributed by atoms with Crippen LogP contribution < -0.4 is 0 Å². The highest BCUT2D eigenvalue weighted by molar-refractivity contribution is 8.75. The molecule has 2 rings (SSSR count). The molecule has 0 bridgehead atoms. The molecule has 7 heteroatoms. The van der Waals surface area contributed by atoms with E-state index in [0.717, 1.165) is 13.9 Å². The van der Waals surface area contributed by atoms with E-state index in [1.807, 2.05) is 10.6 Å². The molecule has 1 fully saturated rings. The minimum atomic E-state index is -1.05. The average molecular weight is 387 g/mol. The minimum absolute atomic E-state index is 0.0325. The third-order valence-corrected chi connectivity index (χ3v) is 26.8. The maximum absolute atomic E-state index is 3.33. The van der Waals surface area contributed by atoms with Gasteiger partial charge in [-0.25, -0.2) is 0 Å². The smallest absolute Gasteiger partial charge is 0.109 e. The van der Waals surface area contributed by atoms with Gasteiger partial charge < -0.3 is 0 Å². The fourth-order valence-electron chi connectivity index (χ4n) is 3.04. The van der Waals surface area contributed by atoms with Crippen molar-refractivity contribution in [3.05, 3.63) is 0 Å². The van der Waals surface area contributed by atoms with E-state index in [0.29, 0.717) is 5.41 Å². The van der Waals surface area contributed by atoms with Crippen molar-refractivity contribution in [3.8, 4) is 0 Å². The second-order valence-corrected chi connectivity index (χ2v) is 25.5. The van der Waals surface area contributed by atoms with Crippen LogP contribution >= 0.6 is 55.8 Å². The first kappa shape index (κ1) is 17.7. The summed E-state index contributed by atoms with van der Waals surface area (Å²) < 4.78 is 0. The summed E-state index contributed by atoms with van der Waals surface area (Å²) in [5, 5.41) is 3.73. The zero-order valence-electron chi connectivity index (χ0n) is 12.1. The Kier molecular flexibility index (Phi) is 6.39. The summed E-state index contributed by atoms with van der Waals surface area (Å²) in [7, 11) is 12.2. The SMILES string of the molecule is CC(C)(C)C1CCCCC2=P[P+](P)=CP(P)(PP)=C21. The fourth-order valence-corrected chi connectivity index (χ4v) is 28.9. The predicted octanol–water partition coefficient (Wildman–Crippen LogP) is 6.67. The summed E-state index contributed by atoms with van der Waals surface area (Å²) in [5.41, 5.74) is 3.16. The highest BCUT2D eigenvalue weighted by atomic mass is 32.6. The molecule has 7 atom stereocenters. The first-order valence-corrected chi connectivity index (χ1v) is 18.5. The Bertz CT molecular complexity index is 481. The van der Waals surface area contributed by atoms with Crippen molar-refractivity contribution in [2.24, 2.45) is 11.3 Å². The van der Waals surface area contributed by atoms with E-state index in [1.54, 1.807) is 7.89 Å². The van der Waals surface area contributed by atoms with Gasteiger partial charge in [-0.2, -0.15) is 0 Å². The van der Waals surface area contributed by atoms with Crippen LogP contribution in [0.5, 0.6) is 0 Å². The molecule has 7 unspecified atom stereocenters. The fraction of sp³-hybridized carbons (Fsp3) is 0.750. The van der Waals surface area contributed by atoms with Crippen LogP contribution in [-0.2, 0) is 0 Å². The van der Waals surface area contributed by atoms with E-state index in [2.05, 4.69) is 53.1 Å². The predicted molar refractivity (Wildman–Crippen MR) is 116 cm³/mol. The lowest BCUT2D eigenvalue weighted by Gasteiger charge is -2.36. The van der Waals surface area contributed by atoms with Gasteiger partial charge in [-0.3, -0.25) is 0 Å². The second kappa shape index (κ2) is 6.86. The normalized spacial score (nSPS) is 35.7. The molecule has 0 saturated heterocycles. The van der Waals surface area contributed by atoms with Crippen molar-refractivity contribution in [2.45, 2.75) is 46.5 Å². The van der Waals surface area contributed by atoms with Gasteiger partial charge in [0.25, 0.3) is 0 Å². The standard InChI is InChI=1S/C12H26P7/c1-12(2,3)9-6-4-5-7-10-11(9)19(15,17-13)8-18(14)16-10/h8-9,17H,4-7,13-15H2,1-3H3/q+1. The molecular formula is C12H26P7+. The monoisotopic (exact) mass is 387 g/mol. The molecular weight excluding hydrogens is 361 g/mol. The zero-order valence-corrected chi connectivity index (χ0v) is 19.2. The van der Waals surface area contributed by atoms with Gasteiger partial charge in [-0.1, -0.05) is 44.1 Å². The molecule has 0 aromatic heterocycles. The van der Waals surface area contributed by atoms with Crippen LogP contribution in [0.4, 0.5) is 0 Å². The summed E-state index contributed by atoms with van der Waals surface area (Å²) in [6.07, 6.45) is 4.56. The molecule has 2 aliphatic rings. The van der Waals surface area contributed by atoms with Gasteiger partial charge in [0.1, 0.15) is 5.54 Å². The largest absolute Gasteiger partial charge is 0.163 e. The van der Waals surface area contributed by atoms with Crippen LogP contribution in [0.3, 0.4) is 0 Å². The number of rotatable bonds is 1. The Morgan fingerprint density at radius 2 is 2.11 bits per heavy atom. The molecule has 0 amide bonds.